The Bertz CT molecular complexity index is 758. The van der Waals surface area contributed by atoms with Crippen LogP contribution in [0.1, 0.15) is 12.0 Å². The van der Waals surface area contributed by atoms with E-state index in [1.54, 1.807) is 18.2 Å². The zero-order valence-corrected chi connectivity index (χ0v) is 17.1. The van der Waals surface area contributed by atoms with Crippen LogP contribution in [0.15, 0.2) is 27.2 Å². The largest absolute Gasteiger partial charge is 0.493 e. The number of hydrogen-bond donors (Lipinski definition) is 0. The number of ether oxygens (including phenoxy) is 3. The van der Waals surface area contributed by atoms with Crippen molar-refractivity contribution in [3.05, 3.63) is 32.7 Å². The molecule has 1 aliphatic rings. The van der Waals surface area contributed by atoms with Crippen LogP contribution in [0, 0.1) is 0 Å². The van der Waals surface area contributed by atoms with Crippen LogP contribution >= 0.6 is 31.9 Å². The fourth-order valence-electron chi connectivity index (χ4n) is 2.36. The third-order valence-electron chi connectivity index (χ3n) is 3.58. The lowest BCUT2D eigenvalue weighted by Crippen LogP contribution is -2.38. The summed E-state index contributed by atoms with van der Waals surface area (Å²) in [5.41, 5.74) is 0.634. The summed E-state index contributed by atoms with van der Waals surface area (Å²) < 4.78 is 16.8. The van der Waals surface area contributed by atoms with Gasteiger partial charge in [-0.15, -0.1) is 0 Å². The highest BCUT2D eigenvalue weighted by Gasteiger charge is 2.24. The second-order valence-corrected chi connectivity index (χ2v) is 6.67. The molecule has 0 aromatic heterocycles. The van der Waals surface area contributed by atoms with Gasteiger partial charge < -0.3 is 14.2 Å². The normalized spacial score (nSPS) is 14.5. The maximum absolute atomic E-state index is 12.5. The molecular formula is C17H17Br2NO5. The molecule has 8 heteroatoms. The number of carbonyl (C=O) groups is 2. The molecule has 1 heterocycles. The number of rotatable bonds is 5. The molecule has 134 valence electrons. The summed E-state index contributed by atoms with van der Waals surface area (Å²) in [6.45, 7) is 0.355. The second-order valence-electron chi connectivity index (χ2n) is 5.03. The Balaban J connectivity index is 2.44. The number of carbonyl (C=O) groups excluding carboxylic acids is 2. The molecule has 0 bridgehead atoms. The van der Waals surface area contributed by atoms with Crippen LogP contribution in [0.3, 0.4) is 0 Å². The number of imide groups is 1. The lowest BCUT2D eigenvalue weighted by molar-refractivity contribution is -0.139. The van der Waals surface area contributed by atoms with Crippen molar-refractivity contribution in [2.24, 2.45) is 0 Å². The predicted octanol–water partition coefficient (Wildman–Crippen LogP) is 3.53. The van der Waals surface area contributed by atoms with Crippen LogP contribution in [0.4, 0.5) is 0 Å². The van der Waals surface area contributed by atoms with Crippen molar-refractivity contribution in [3.8, 4) is 17.2 Å². The first-order valence-corrected chi connectivity index (χ1v) is 8.91. The van der Waals surface area contributed by atoms with Crippen molar-refractivity contribution < 1.29 is 23.8 Å². The van der Waals surface area contributed by atoms with E-state index in [2.05, 4.69) is 31.9 Å². The monoisotopic (exact) mass is 473 g/mol. The van der Waals surface area contributed by atoms with Crippen LogP contribution in [-0.4, -0.2) is 44.6 Å². The predicted molar refractivity (Wildman–Crippen MR) is 101 cm³/mol. The summed E-state index contributed by atoms with van der Waals surface area (Å²) in [6, 6.07) is 1.71. The Morgan fingerprint density at radius 3 is 2.44 bits per heavy atom. The zero-order valence-electron chi connectivity index (χ0n) is 14.0. The Labute approximate surface area is 162 Å². The van der Waals surface area contributed by atoms with E-state index in [0.717, 1.165) is 0 Å². The first-order chi connectivity index (χ1) is 11.9. The number of halogens is 2. The van der Waals surface area contributed by atoms with Gasteiger partial charge in [0.05, 0.1) is 30.3 Å². The van der Waals surface area contributed by atoms with E-state index in [4.69, 9.17) is 14.2 Å². The fourth-order valence-corrected chi connectivity index (χ4v) is 3.39. The first kappa shape index (κ1) is 19.5. The maximum Gasteiger partial charge on any atom is 0.267 e. The molecule has 0 unspecified atom stereocenters. The Kier molecular flexibility index (Phi) is 6.66. The molecule has 0 aliphatic carbocycles. The van der Waals surface area contributed by atoms with Gasteiger partial charge >= 0.3 is 0 Å². The molecule has 2 rings (SSSR count). The lowest BCUT2D eigenvalue weighted by atomic mass is 10.1. The van der Waals surface area contributed by atoms with Gasteiger partial charge in [-0.2, -0.15) is 0 Å². The lowest BCUT2D eigenvalue weighted by Gasteiger charge is -2.21. The number of benzene rings is 1. The van der Waals surface area contributed by atoms with Gasteiger partial charge in [0.25, 0.3) is 11.8 Å². The summed E-state index contributed by atoms with van der Waals surface area (Å²) in [7, 11) is 4.53. The second kappa shape index (κ2) is 8.53. The molecule has 25 heavy (non-hydrogen) atoms. The summed E-state index contributed by atoms with van der Waals surface area (Å²) in [6.07, 6.45) is 5.39. The van der Waals surface area contributed by atoms with Gasteiger partial charge in [0.15, 0.2) is 11.5 Å². The summed E-state index contributed by atoms with van der Waals surface area (Å²) in [5, 5.41) is 0. The molecule has 0 saturated carbocycles. The van der Waals surface area contributed by atoms with Crippen molar-refractivity contribution in [1.82, 2.24) is 4.90 Å². The molecule has 0 saturated heterocycles. The highest BCUT2D eigenvalue weighted by Crippen LogP contribution is 2.45. The highest BCUT2D eigenvalue weighted by atomic mass is 79.9. The van der Waals surface area contributed by atoms with Crippen molar-refractivity contribution >= 4 is 49.8 Å². The topological polar surface area (TPSA) is 65.1 Å². The Hall–Kier alpha value is -1.80. The third-order valence-corrected chi connectivity index (χ3v) is 4.96. The van der Waals surface area contributed by atoms with Crippen molar-refractivity contribution in [1.29, 1.82) is 0 Å². The number of hydrogen-bond acceptors (Lipinski definition) is 5. The summed E-state index contributed by atoms with van der Waals surface area (Å²) in [5.74, 6) is 0.602. The van der Waals surface area contributed by atoms with E-state index in [1.807, 2.05) is 0 Å². The highest BCUT2D eigenvalue weighted by molar-refractivity contribution is 9.12. The number of nitrogens with zero attached hydrogens (tertiary/aromatic N) is 1. The molecule has 2 amide bonds. The molecule has 6 nitrogen and oxygen atoms in total. The molecular weight excluding hydrogens is 458 g/mol. The average molecular weight is 475 g/mol. The van der Waals surface area contributed by atoms with Crippen LogP contribution in [0.25, 0.3) is 6.08 Å². The average Bonchev–Trinajstić information content (AvgIpc) is 2.62. The van der Waals surface area contributed by atoms with Crippen molar-refractivity contribution in [2.45, 2.75) is 6.42 Å². The van der Waals surface area contributed by atoms with E-state index in [9.17, 15) is 9.59 Å². The number of amides is 2. The van der Waals surface area contributed by atoms with Crippen molar-refractivity contribution in [3.63, 3.8) is 0 Å². The smallest absolute Gasteiger partial charge is 0.267 e. The van der Waals surface area contributed by atoms with Gasteiger partial charge in [-0.25, -0.2) is 0 Å². The summed E-state index contributed by atoms with van der Waals surface area (Å²) in [4.78, 5) is 25.5. The fraction of sp³-hybridized carbons (Fsp3) is 0.294. The molecule has 0 atom stereocenters. The molecule has 1 aromatic carbocycles. The van der Waals surface area contributed by atoms with Gasteiger partial charge in [-0.05, 0) is 62.1 Å². The van der Waals surface area contributed by atoms with Crippen LogP contribution in [0.5, 0.6) is 17.2 Å². The molecule has 0 spiro atoms. The van der Waals surface area contributed by atoms with Gasteiger partial charge in [0.1, 0.15) is 0 Å². The van der Waals surface area contributed by atoms with Gasteiger partial charge in [0, 0.05) is 6.54 Å². The third kappa shape index (κ3) is 4.07. The number of methoxy groups -OCH3 is 3. The minimum absolute atomic E-state index is 0.242. The maximum atomic E-state index is 12.5. The van der Waals surface area contributed by atoms with Crippen LogP contribution < -0.4 is 14.2 Å². The standard InChI is InChI=1S/C17H17Br2NO5/c1-23-12-9-10(14(19)16(25-3)15(12)24-2)8-11(18)17(22)20-7-5-4-6-13(20)21/h4,6,8-9H,5,7H2,1-3H3/b11-8-. The molecule has 0 N–H and O–H groups in total. The molecule has 1 aliphatic heterocycles. The van der Waals surface area contributed by atoms with Crippen LogP contribution in [-0.2, 0) is 9.59 Å². The van der Waals surface area contributed by atoms with E-state index in [-0.39, 0.29) is 10.4 Å². The first-order valence-electron chi connectivity index (χ1n) is 7.32. The SMILES string of the molecule is COc1cc(/C=C(\Br)C(=O)N2CCC=CC2=O)c(Br)c(OC)c1OC. The van der Waals surface area contributed by atoms with Crippen molar-refractivity contribution in [2.75, 3.05) is 27.9 Å². The summed E-state index contributed by atoms with van der Waals surface area (Å²) >= 11 is 6.72. The van der Waals surface area contributed by atoms with Crippen LogP contribution in [0.2, 0.25) is 0 Å². The zero-order chi connectivity index (χ0) is 18.6. The Morgan fingerprint density at radius 1 is 1.20 bits per heavy atom. The quantitative estimate of drug-likeness (QED) is 0.611. The van der Waals surface area contributed by atoms with Gasteiger partial charge in [-0.3, -0.25) is 14.5 Å². The molecule has 1 aromatic rings. The van der Waals surface area contributed by atoms with E-state index in [0.29, 0.717) is 40.3 Å². The minimum atomic E-state index is -0.407. The van der Waals surface area contributed by atoms with Gasteiger partial charge in [0.2, 0.25) is 5.75 Å². The van der Waals surface area contributed by atoms with E-state index < -0.39 is 5.91 Å². The Morgan fingerprint density at radius 2 is 1.88 bits per heavy atom. The molecule has 0 radical (unpaired) electrons. The van der Waals surface area contributed by atoms with E-state index >= 15 is 0 Å². The van der Waals surface area contributed by atoms with Gasteiger partial charge in [-0.1, -0.05) is 6.08 Å². The molecule has 0 fully saturated rings. The minimum Gasteiger partial charge on any atom is -0.493 e. The van der Waals surface area contributed by atoms with E-state index in [1.165, 1.54) is 32.3 Å².